The monoisotopic (exact) mass is 1220 g/mol. The lowest BCUT2D eigenvalue weighted by Crippen LogP contribution is -2.61. The second-order valence-electron chi connectivity index (χ2n) is 24.1. The molecule has 9 rings (SSSR count). The number of alkyl halides is 2. The number of halogens is 2. The van der Waals surface area contributed by atoms with E-state index < -0.39 is 90.5 Å². The van der Waals surface area contributed by atoms with Gasteiger partial charge < -0.3 is 51.1 Å². The SMILES string of the molecule is CN1CC[C@H]2CC[C@@H](C(=O)N[C@@H](CCC(N)=O)C(=O)N[C@@H](Cc3ccc(C(C)(C)C)cc3)C(=O)N3CCC(CCC#Cc4cccc5c4CN(C4CCC(=O)NC4=O)C5=O)CC3)N2C(=O)[C@@H](NC(=O)c2cc3cc(C(F)(F)P(=O)(O)O)ccc3s2)C1. The minimum atomic E-state index is -5.87. The fraction of sp³-hybridized carbons (Fsp3) is 0.492. The van der Waals surface area contributed by atoms with Gasteiger partial charge in [0.1, 0.15) is 30.2 Å². The second kappa shape index (κ2) is 25.9. The molecule has 1 aromatic heterocycles. The Labute approximate surface area is 500 Å². The molecule has 0 radical (unpaired) electrons. The molecule has 458 valence electrons. The smallest absolute Gasteiger partial charge is 0.370 e. The van der Waals surface area contributed by atoms with E-state index in [1.165, 1.54) is 21.9 Å². The van der Waals surface area contributed by atoms with E-state index >= 15 is 0 Å². The molecule has 9 amide bonds. The molecule has 3 aromatic carbocycles. The van der Waals surface area contributed by atoms with Gasteiger partial charge in [-0.3, -0.25) is 53.0 Å². The highest BCUT2D eigenvalue weighted by Crippen LogP contribution is 2.59. The summed E-state index contributed by atoms with van der Waals surface area (Å²) in [5, 5.41) is 10.9. The van der Waals surface area contributed by atoms with Gasteiger partial charge in [-0.1, -0.05) is 69.0 Å². The highest BCUT2D eigenvalue weighted by atomic mass is 32.1. The number of thiophene rings is 1. The molecule has 0 bridgehead atoms. The van der Waals surface area contributed by atoms with E-state index in [2.05, 4.69) is 53.9 Å². The van der Waals surface area contributed by atoms with Gasteiger partial charge in [0.25, 0.3) is 11.8 Å². The first-order chi connectivity index (χ1) is 40.7. The molecule has 5 aliphatic rings. The molecule has 25 heteroatoms. The van der Waals surface area contributed by atoms with Crippen molar-refractivity contribution in [2.24, 2.45) is 11.7 Å². The van der Waals surface area contributed by atoms with E-state index in [-0.39, 0.29) is 90.9 Å². The molecule has 6 atom stereocenters. The van der Waals surface area contributed by atoms with Gasteiger partial charge in [-0.05, 0) is 129 Å². The molecule has 21 nitrogen and oxygen atoms in total. The number of carbonyl (C=O) groups is 9. The zero-order valence-corrected chi connectivity index (χ0v) is 50.1. The zero-order valence-electron chi connectivity index (χ0n) is 48.4. The summed E-state index contributed by atoms with van der Waals surface area (Å²) in [7, 11) is -4.10. The number of primary amides is 1. The van der Waals surface area contributed by atoms with Crippen molar-refractivity contribution >= 4 is 82.2 Å². The third-order valence-electron chi connectivity index (χ3n) is 17.1. The normalized spacial score (nSPS) is 21.3. The number of nitrogens with one attached hydrogen (secondary N) is 4. The van der Waals surface area contributed by atoms with Crippen molar-refractivity contribution in [3.05, 3.63) is 105 Å². The maximum Gasteiger partial charge on any atom is 0.399 e. The summed E-state index contributed by atoms with van der Waals surface area (Å²) in [6.45, 7) is 7.77. The van der Waals surface area contributed by atoms with E-state index in [0.29, 0.717) is 67.6 Å². The van der Waals surface area contributed by atoms with E-state index in [1.807, 2.05) is 35.2 Å². The lowest BCUT2D eigenvalue weighted by Gasteiger charge is -2.38. The summed E-state index contributed by atoms with van der Waals surface area (Å²) < 4.78 is 41.2. The fourth-order valence-electron chi connectivity index (χ4n) is 12.1. The molecule has 4 saturated heterocycles. The molecular formula is C61H72F2N9O12PS. The van der Waals surface area contributed by atoms with Gasteiger partial charge in [0.05, 0.1) is 4.88 Å². The number of amides is 9. The number of carbonyl (C=O) groups excluding carboxylic acids is 9. The molecule has 0 aliphatic carbocycles. The van der Waals surface area contributed by atoms with Crippen LogP contribution >= 0.6 is 18.9 Å². The van der Waals surface area contributed by atoms with Crippen molar-refractivity contribution in [2.45, 2.75) is 152 Å². The first-order valence-electron chi connectivity index (χ1n) is 29.0. The quantitative estimate of drug-likeness (QED) is 0.0435. The Balaban J connectivity index is 0.860. The third kappa shape index (κ3) is 14.2. The average Bonchev–Trinajstić information content (AvgIpc) is 2.18. The largest absolute Gasteiger partial charge is 0.399 e. The number of rotatable bonds is 17. The molecule has 6 heterocycles. The minimum Gasteiger partial charge on any atom is -0.370 e. The standard InChI is InChI=1S/C61H72F2N9O12PS/c1-60(2,3)39-14-12-36(13-15-39)30-45(58(80)70-28-24-35(25-29-70)8-5-6-9-37-10-7-11-42-43(37)33-71(57(42)79)47-20-23-52(74)68-54(47)76)66-53(75)44(18-22-51(64)73)65-55(77)48-19-17-41-26-27-69(4)34-46(59(81)72(41)48)67-56(78)50-32-38-31-40(16-21-49(38)86-50)61(62,63)85(82,83)84/h7,10-16,21,31-32,35,41,44-48H,5,8,17-20,22-30,33-34H2,1-4H3,(H2,64,73)(H,65,77)(H,66,75)(H,67,78)(H,68,74,76)(H2,82,83,84)/t41-,44+,45+,46+,47?,48+/m1/s1. The number of nitrogens with two attached hydrogens (primary N) is 1. The van der Waals surface area contributed by atoms with E-state index in [4.69, 9.17) is 5.73 Å². The van der Waals surface area contributed by atoms with Gasteiger partial charge in [-0.15, -0.1) is 11.3 Å². The number of likely N-dealkylation sites (tertiary alicyclic amines) is 1. The number of fused-ring (bicyclic) bond motifs is 3. The van der Waals surface area contributed by atoms with Gasteiger partial charge in [0, 0.05) is 79.3 Å². The number of likely N-dealkylation sites (N-methyl/N-ethyl adjacent to an activating group) is 1. The van der Waals surface area contributed by atoms with Crippen LogP contribution in [0, 0.1) is 17.8 Å². The van der Waals surface area contributed by atoms with Crippen LogP contribution in [0.2, 0.25) is 0 Å². The van der Waals surface area contributed by atoms with Crippen molar-refractivity contribution in [2.75, 3.05) is 33.2 Å². The van der Waals surface area contributed by atoms with Crippen LogP contribution in [0.5, 0.6) is 0 Å². The molecule has 1 unspecified atom stereocenters. The highest BCUT2D eigenvalue weighted by Gasteiger charge is 2.51. The van der Waals surface area contributed by atoms with Gasteiger partial charge in [0.2, 0.25) is 41.4 Å². The van der Waals surface area contributed by atoms with Crippen LogP contribution in [0.3, 0.4) is 0 Å². The van der Waals surface area contributed by atoms with Crippen molar-refractivity contribution in [1.82, 2.24) is 40.9 Å². The average molecular weight is 1220 g/mol. The molecule has 4 aromatic rings. The molecule has 86 heavy (non-hydrogen) atoms. The number of imide groups is 1. The number of hydrogen-bond acceptors (Lipinski definition) is 12. The first-order valence-corrected chi connectivity index (χ1v) is 31.4. The van der Waals surface area contributed by atoms with Crippen molar-refractivity contribution in [3.63, 3.8) is 0 Å². The lowest BCUT2D eigenvalue weighted by molar-refractivity contribution is -0.144. The zero-order chi connectivity index (χ0) is 62.0. The maximum atomic E-state index is 14.7. The van der Waals surface area contributed by atoms with Gasteiger partial charge >= 0.3 is 13.3 Å². The predicted molar refractivity (Wildman–Crippen MR) is 314 cm³/mol. The van der Waals surface area contributed by atoms with Gasteiger partial charge in [0.15, 0.2) is 0 Å². The Kier molecular flexibility index (Phi) is 19.0. The summed E-state index contributed by atoms with van der Waals surface area (Å²) >= 11 is 0.924. The Morgan fingerprint density at radius 2 is 1.60 bits per heavy atom. The Hall–Kier alpha value is -7.42. The van der Waals surface area contributed by atoms with Crippen LogP contribution in [0.25, 0.3) is 10.1 Å². The van der Waals surface area contributed by atoms with Crippen LogP contribution in [0.1, 0.15) is 139 Å². The summed E-state index contributed by atoms with van der Waals surface area (Å²) in [6.07, 6.45) is 3.71. The van der Waals surface area contributed by atoms with Crippen LogP contribution in [-0.4, -0.2) is 152 Å². The highest BCUT2D eigenvalue weighted by molar-refractivity contribution is 7.52. The minimum absolute atomic E-state index is 0.0310. The first kappa shape index (κ1) is 63.1. The molecule has 4 fully saturated rings. The van der Waals surface area contributed by atoms with Crippen LogP contribution in [0.4, 0.5) is 8.78 Å². The van der Waals surface area contributed by atoms with E-state index in [1.54, 1.807) is 24.1 Å². The molecule has 8 N–H and O–H groups in total. The molecule has 5 aliphatic heterocycles. The predicted octanol–water partition coefficient (Wildman–Crippen LogP) is 4.53. The molecular weight excluding hydrogens is 1150 g/mol. The summed E-state index contributed by atoms with van der Waals surface area (Å²) in [6, 6.07) is 11.4. The molecule has 0 saturated carbocycles. The second-order valence-corrected chi connectivity index (χ2v) is 26.9. The summed E-state index contributed by atoms with van der Waals surface area (Å²) in [5.41, 5.74) is 3.78. The van der Waals surface area contributed by atoms with E-state index in [0.717, 1.165) is 46.6 Å². The Morgan fingerprint density at radius 1 is 0.884 bits per heavy atom. The Bertz CT molecular complexity index is 3460. The van der Waals surface area contributed by atoms with Crippen LogP contribution < -0.4 is 27.0 Å². The lowest BCUT2D eigenvalue weighted by atomic mass is 9.86. The van der Waals surface area contributed by atoms with E-state index in [9.17, 15) is 66.3 Å². The number of benzene rings is 3. The third-order valence-corrected chi connectivity index (χ3v) is 19.2. The topological polar surface area (TPSA) is 298 Å². The fourth-order valence-corrected chi connectivity index (χ4v) is 13.5. The van der Waals surface area contributed by atoms with Crippen molar-refractivity contribution in [3.8, 4) is 11.8 Å². The van der Waals surface area contributed by atoms with Crippen molar-refractivity contribution < 1.29 is 66.3 Å². The maximum absolute atomic E-state index is 14.7. The van der Waals surface area contributed by atoms with Crippen LogP contribution in [-0.2, 0) is 62.2 Å². The number of hydrogen-bond donors (Lipinski definition) is 7. The Morgan fingerprint density at radius 3 is 2.29 bits per heavy atom. The summed E-state index contributed by atoms with van der Waals surface area (Å²) in [5.74, 6) is 1.81. The molecule has 0 spiro atoms. The number of nitrogens with zero attached hydrogens (tertiary/aromatic N) is 4. The number of piperidine rings is 2. The van der Waals surface area contributed by atoms with Gasteiger partial charge in [-0.25, -0.2) is 0 Å². The van der Waals surface area contributed by atoms with Crippen molar-refractivity contribution in [1.29, 1.82) is 0 Å². The van der Waals surface area contributed by atoms with Gasteiger partial charge in [-0.2, -0.15) is 8.78 Å². The van der Waals surface area contributed by atoms with Crippen LogP contribution in [0.15, 0.2) is 66.7 Å². The summed E-state index contributed by atoms with van der Waals surface area (Å²) in [4.78, 5) is 148.